The minimum Gasteiger partial charge on any atom is -0.493 e. The van der Waals surface area contributed by atoms with Gasteiger partial charge in [-0.2, -0.15) is 5.26 Å². The van der Waals surface area contributed by atoms with E-state index in [9.17, 15) is 24.9 Å². The van der Waals surface area contributed by atoms with Crippen molar-refractivity contribution in [3.8, 4) is 11.8 Å². The Balaban J connectivity index is 1.94. The smallest absolute Gasteiger partial charge is 0.475 e. The number of rotatable bonds is 11. The Morgan fingerprint density at radius 1 is 1.14 bits per heavy atom. The molecule has 4 N–H and O–H groups in total. The summed E-state index contributed by atoms with van der Waals surface area (Å²) in [6, 6.07) is 16.5. The summed E-state index contributed by atoms with van der Waals surface area (Å²) in [5.41, 5.74) is 2.15. The number of amides is 2. The summed E-state index contributed by atoms with van der Waals surface area (Å²) in [7, 11) is -1.70. The van der Waals surface area contributed by atoms with Gasteiger partial charge < -0.3 is 25.4 Å². The average Bonchev–Trinajstić information content (AvgIpc) is 2.81. The van der Waals surface area contributed by atoms with Gasteiger partial charge in [-0.05, 0) is 68.5 Å². The van der Waals surface area contributed by atoms with E-state index in [1.54, 1.807) is 24.3 Å². The first-order chi connectivity index (χ1) is 17.0. The molecule has 0 aliphatic heterocycles. The zero-order valence-electron chi connectivity index (χ0n) is 21.2. The van der Waals surface area contributed by atoms with Crippen LogP contribution < -0.4 is 15.4 Å². The van der Waals surface area contributed by atoms with Gasteiger partial charge in [0.25, 0.3) is 5.91 Å². The molecule has 0 saturated heterocycles. The lowest BCUT2D eigenvalue weighted by Gasteiger charge is -2.20. The summed E-state index contributed by atoms with van der Waals surface area (Å²) in [5, 5.41) is 34.2. The van der Waals surface area contributed by atoms with Gasteiger partial charge in [-0.15, -0.1) is 0 Å². The number of benzene rings is 2. The number of ether oxygens (including phenoxy) is 1. The van der Waals surface area contributed by atoms with Crippen molar-refractivity contribution in [2.75, 3.05) is 6.61 Å². The minimum absolute atomic E-state index is 0.00964. The van der Waals surface area contributed by atoms with Crippen LogP contribution in [0.1, 0.15) is 50.8 Å². The molecule has 36 heavy (non-hydrogen) atoms. The molecular weight excluding hydrogens is 457 g/mol. The van der Waals surface area contributed by atoms with Crippen LogP contribution in [0.25, 0.3) is 6.08 Å². The molecule has 0 spiro atoms. The number of nitrogens with one attached hydrogen (secondary N) is 2. The topological polar surface area (TPSA) is 132 Å². The fourth-order valence-corrected chi connectivity index (χ4v) is 3.42. The van der Waals surface area contributed by atoms with E-state index in [-0.39, 0.29) is 30.9 Å². The van der Waals surface area contributed by atoms with Gasteiger partial charge >= 0.3 is 7.12 Å². The van der Waals surface area contributed by atoms with Crippen molar-refractivity contribution in [1.82, 2.24) is 10.6 Å². The maximum Gasteiger partial charge on any atom is 0.475 e. The Hall–Kier alpha value is -3.61. The van der Waals surface area contributed by atoms with Crippen molar-refractivity contribution in [2.24, 2.45) is 0 Å². The number of hydrogen-bond donors (Lipinski definition) is 4. The molecule has 190 valence electrons. The van der Waals surface area contributed by atoms with Gasteiger partial charge in [0.15, 0.2) is 0 Å². The van der Waals surface area contributed by atoms with Gasteiger partial charge in [-0.25, -0.2) is 0 Å². The molecule has 0 aromatic heterocycles. The van der Waals surface area contributed by atoms with E-state index >= 15 is 0 Å². The highest BCUT2D eigenvalue weighted by Crippen LogP contribution is 2.17. The molecule has 8 nitrogen and oxygen atoms in total. The van der Waals surface area contributed by atoms with Crippen LogP contribution in [0.15, 0.2) is 54.1 Å². The Labute approximate surface area is 213 Å². The number of hydrogen-bond acceptors (Lipinski definition) is 6. The number of nitriles is 1. The average molecular weight is 491 g/mol. The molecule has 2 aromatic carbocycles. The second-order valence-corrected chi connectivity index (χ2v) is 9.51. The van der Waals surface area contributed by atoms with E-state index in [1.165, 1.54) is 6.08 Å². The molecule has 1 unspecified atom stereocenters. The monoisotopic (exact) mass is 491 g/mol. The molecule has 0 radical (unpaired) electrons. The Bertz CT molecular complexity index is 1120. The molecule has 2 rings (SSSR count). The highest BCUT2D eigenvalue weighted by Gasteiger charge is 2.25. The molecular formula is C27H34BN3O5. The van der Waals surface area contributed by atoms with E-state index in [1.807, 2.05) is 58.0 Å². The van der Waals surface area contributed by atoms with Crippen molar-refractivity contribution in [3.63, 3.8) is 0 Å². The lowest BCUT2D eigenvalue weighted by Crippen LogP contribution is -2.48. The van der Waals surface area contributed by atoms with Crippen LogP contribution in [0, 0.1) is 11.3 Å². The third kappa shape index (κ3) is 9.94. The molecule has 0 fully saturated rings. The second-order valence-electron chi connectivity index (χ2n) is 9.51. The SMILES string of the molecule is CCc1cccc(CC(NC(=O)CCOc2cccc(C=C(C#N)C(=O)NC(C)(C)C)c2)B(O)O)c1. The number of carbonyl (C=O) groups is 2. The quantitative estimate of drug-likeness (QED) is 0.217. The van der Waals surface area contributed by atoms with Gasteiger partial charge in [-0.3, -0.25) is 9.59 Å². The van der Waals surface area contributed by atoms with Crippen molar-refractivity contribution in [1.29, 1.82) is 5.26 Å². The zero-order valence-corrected chi connectivity index (χ0v) is 21.2. The van der Waals surface area contributed by atoms with Crippen molar-refractivity contribution < 1.29 is 24.4 Å². The number of carbonyl (C=O) groups excluding carboxylic acids is 2. The summed E-state index contributed by atoms with van der Waals surface area (Å²) in [5.74, 6) is -1.21. The van der Waals surface area contributed by atoms with E-state index in [2.05, 4.69) is 10.6 Å². The number of aryl methyl sites for hydroxylation is 1. The highest BCUT2D eigenvalue weighted by atomic mass is 16.5. The van der Waals surface area contributed by atoms with E-state index in [0.29, 0.717) is 11.3 Å². The molecule has 0 heterocycles. The third-order valence-corrected chi connectivity index (χ3v) is 5.18. The lowest BCUT2D eigenvalue weighted by molar-refractivity contribution is -0.122. The van der Waals surface area contributed by atoms with Gasteiger partial charge in [-0.1, -0.05) is 43.3 Å². The van der Waals surface area contributed by atoms with Gasteiger partial charge in [0, 0.05) is 5.54 Å². The zero-order chi connectivity index (χ0) is 26.7. The minimum atomic E-state index is -1.70. The fraction of sp³-hybridized carbons (Fsp3) is 0.370. The molecule has 0 saturated carbocycles. The summed E-state index contributed by atoms with van der Waals surface area (Å²) in [6.07, 6.45) is 2.64. The molecule has 1 atom stereocenters. The van der Waals surface area contributed by atoms with Crippen molar-refractivity contribution in [3.05, 3.63) is 70.8 Å². The largest absolute Gasteiger partial charge is 0.493 e. The van der Waals surface area contributed by atoms with E-state index < -0.39 is 24.5 Å². The van der Waals surface area contributed by atoms with Crippen LogP contribution in [0.2, 0.25) is 0 Å². The van der Waals surface area contributed by atoms with Crippen LogP contribution in [0.3, 0.4) is 0 Å². The summed E-state index contributed by atoms with van der Waals surface area (Å²) < 4.78 is 5.67. The summed E-state index contributed by atoms with van der Waals surface area (Å²) in [4.78, 5) is 24.7. The van der Waals surface area contributed by atoms with Crippen LogP contribution in [0.4, 0.5) is 0 Å². The van der Waals surface area contributed by atoms with Gasteiger partial charge in [0.1, 0.15) is 17.4 Å². The first-order valence-electron chi connectivity index (χ1n) is 11.9. The van der Waals surface area contributed by atoms with E-state index in [4.69, 9.17) is 4.74 Å². The second kappa shape index (κ2) is 13.5. The van der Waals surface area contributed by atoms with Crippen LogP contribution >= 0.6 is 0 Å². The van der Waals surface area contributed by atoms with Gasteiger partial charge in [0.05, 0.1) is 19.0 Å². The van der Waals surface area contributed by atoms with E-state index in [0.717, 1.165) is 17.5 Å². The van der Waals surface area contributed by atoms with Crippen molar-refractivity contribution >= 4 is 25.0 Å². The molecule has 0 aliphatic rings. The number of nitrogens with zero attached hydrogens (tertiary/aromatic N) is 1. The predicted molar refractivity (Wildman–Crippen MR) is 140 cm³/mol. The summed E-state index contributed by atoms with van der Waals surface area (Å²) >= 11 is 0. The Morgan fingerprint density at radius 2 is 1.83 bits per heavy atom. The van der Waals surface area contributed by atoms with Gasteiger partial charge in [0.2, 0.25) is 5.91 Å². The molecule has 0 aliphatic carbocycles. The molecule has 2 amide bonds. The van der Waals surface area contributed by atoms with Crippen LogP contribution in [-0.4, -0.2) is 47.1 Å². The molecule has 0 bridgehead atoms. The fourth-order valence-electron chi connectivity index (χ4n) is 3.42. The standard InChI is InChI=1S/C27H34BN3O5/c1-5-19-8-6-9-20(14-19)17-24(28(34)35)30-25(32)12-13-36-23-11-7-10-21(16-23)15-22(18-29)26(33)31-27(2,3)4/h6-11,14-16,24,34-35H,5,12-13,17H2,1-4H3,(H,30,32)(H,31,33). The predicted octanol–water partition coefficient (Wildman–Crippen LogP) is 2.58. The van der Waals surface area contributed by atoms with Crippen LogP contribution in [0.5, 0.6) is 5.75 Å². The molecule has 9 heteroatoms. The van der Waals surface area contributed by atoms with Crippen LogP contribution in [-0.2, 0) is 22.4 Å². The Kier molecular flexibility index (Phi) is 10.7. The third-order valence-electron chi connectivity index (χ3n) is 5.18. The summed E-state index contributed by atoms with van der Waals surface area (Å²) in [6.45, 7) is 7.60. The highest BCUT2D eigenvalue weighted by molar-refractivity contribution is 6.43. The Morgan fingerprint density at radius 3 is 2.47 bits per heavy atom. The normalized spacial score (nSPS) is 12.3. The maximum absolute atomic E-state index is 12.4. The first-order valence-corrected chi connectivity index (χ1v) is 11.9. The lowest BCUT2D eigenvalue weighted by atomic mass is 9.75. The first kappa shape index (κ1) is 28.6. The maximum atomic E-state index is 12.4. The molecule has 2 aromatic rings. The van der Waals surface area contributed by atoms with Crippen molar-refractivity contribution in [2.45, 2.75) is 58.4 Å².